The highest BCUT2D eigenvalue weighted by molar-refractivity contribution is 9.10. The molecule has 0 saturated carbocycles. The van der Waals surface area contributed by atoms with E-state index in [0.717, 1.165) is 4.47 Å². The van der Waals surface area contributed by atoms with Crippen LogP contribution in [0.5, 0.6) is 0 Å². The summed E-state index contributed by atoms with van der Waals surface area (Å²) in [6.45, 7) is 0. The lowest BCUT2D eigenvalue weighted by Crippen LogP contribution is -1.86. The molecule has 3 heteroatoms. The fraction of sp³-hybridized carbons (Fsp3) is 0. The van der Waals surface area contributed by atoms with Crippen LogP contribution in [0.1, 0.15) is 0 Å². The molecule has 0 amide bonds. The van der Waals surface area contributed by atoms with Crippen molar-refractivity contribution in [2.75, 3.05) is 5.73 Å². The molecule has 0 aromatic heterocycles. The van der Waals surface area contributed by atoms with Gasteiger partial charge in [0.15, 0.2) is 0 Å². The molecule has 0 fully saturated rings. The molecule has 0 heterocycles. The number of hydrogen-bond donors (Lipinski definition) is 1. The van der Waals surface area contributed by atoms with Gasteiger partial charge in [-0.2, -0.15) is 0 Å². The molecule has 2 N–H and O–H groups in total. The third-order valence-corrected chi connectivity index (χ3v) is 1.68. The van der Waals surface area contributed by atoms with Gasteiger partial charge in [-0.25, -0.2) is 4.39 Å². The third-order valence-electron chi connectivity index (χ3n) is 0.958. The van der Waals surface area contributed by atoms with Crippen molar-refractivity contribution in [3.63, 3.8) is 0 Å². The van der Waals surface area contributed by atoms with Gasteiger partial charge in [-0.05, 0) is 34.1 Å². The molecule has 0 bridgehead atoms. The minimum absolute atomic E-state index is 0.310. The van der Waals surface area contributed by atoms with Crippen LogP contribution in [0.25, 0.3) is 0 Å². The highest BCUT2D eigenvalue weighted by atomic mass is 79.9. The van der Waals surface area contributed by atoms with Gasteiger partial charge in [0.1, 0.15) is 5.82 Å². The number of hydrogen-bond acceptors (Lipinski definition) is 1. The van der Waals surface area contributed by atoms with Crippen LogP contribution in [0.3, 0.4) is 0 Å². The van der Waals surface area contributed by atoms with Crippen molar-refractivity contribution in [3.05, 3.63) is 28.5 Å². The van der Waals surface area contributed by atoms with E-state index in [1.807, 2.05) is 0 Å². The molecule has 1 nitrogen and oxygen atoms in total. The number of nitrogens with two attached hydrogens (primary N) is 1. The Morgan fingerprint density at radius 3 is 2.56 bits per heavy atom. The van der Waals surface area contributed by atoms with Gasteiger partial charge in [-0.15, -0.1) is 0 Å². The Bertz CT molecular complexity index is 224. The van der Waals surface area contributed by atoms with Gasteiger partial charge < -0.3 is 5.73 Å². The van der Waals surface area contributed by atoms with Crippen LogP contribution < -0.4 is 5.73 Å². The lowest BCUT2D eigenvalue weighted by atomic mass is 11.3. The summed E-state index contributed by atoms with van der Waals surface area (Å²) < 4.78 is 13.0. The van der Waals surface area contributed by atoms with Gasteiger partial charge in [0.25, 0.3) is 0 Å². The average molecular weight is 196 g/mol. The Morgan fingerprint density at radius 1 is 1.44 bits per heavy atom. The Balaban J connectivity index is 3.17. The van der Waals surface area contributed by atoms with E-state index in [2.05, 4.69) is 15.9 Å². The molecular weight excluding hydrogens is 191 g/mol. The largest absolute Gasteiger partial charge is 0.398 e. The number of nitrogen functional groups attached to an aromatic ring is 1. The van der Waals surface area contributed by atoms with Gasteiger partial charge in [-0.3, -0.25) is 0 Å². The number of benzene rings is 1. The van der Waals surface area contributed by atoms with E-state index in [4.69, 9.17) is 5.73 Å². The topological polar surface area (TPSA) is 26.0 Å². The van der Waals surface area contributed by atoms with Crippen molar-refractivity contribution >= 4 is 21.6 Å². The predicted molar refractivity (Wildman–Crippen MR) is 38.5 cm³/mol. The maximum atomic E-state index is 12.2. The Morgan fingerprint density at radius 2 is 2.11 bits per heavy atom. The molecule has 48 valence electrons. The van der Waals surface area contributed by atoms with Crippen molar-refractivity contribution in [1.29, 1.82) is 0 Å². The van der Waals surface area contributed by atoms with Crippen LogP contribution in [0.4, 0.5) is 10.1 Å². The van der Waals surface area contributed by atoms with E-state index in [9.17, 15) is 4.39 Å². The minimum atomic E-state index is -0.310. The van der Waals surface area contributed by atoms with Gasteiger partial charge in [0, 0.05) is 10.2 Å². The van der Waals surface area contributed by atoms with Crippen LogP contribution in [-0.2, 0) is 0 Å². The normalized spacial score (nSPS) is 9.56. The molecular formula is C6H5BrFN. The second kappa shape index (κ2) is 2.35. The van der Waals surface area contributed by atoms with Crippen molar-refractivity contribution in [1.82, 2.24) is 0 Å². The lowest BCUT2D eigenvalue weighted by Gasteiger charge is -1.94. The summed E-state index contributed by atoms with van der Waals surface area (Å²) in [4.78, 5) is 0. The average Bonchev–Trinajstić information content (AvgIpc) is 1.80. The van der Waals surface area contributed by atoms with E-state index < -0.39 is 0 Å². The van der Waals surface area contributed by atoms with E-state index in [1.165, 1.54) is 12.1 Å². The monoisotopic (exact) mass is 195 g/mol. The maximum absolute atomic E-state index is 12.2. The summed E-state index contributed by atoms with van der Waals surface area (Å²) in [7, 11) is 0. The summed E-state index contributed by atoms with van der Waals surface area (Å²) >= 11 is 3.14. The Kier molecular flexibility index (Phi) is 1.71. The molecule has 0 saturated heterocycles. The molecule has 0 atom stereocenters. The fourth-order valence-electron chi connectivity index (χ4n) is 0.515. The molecule has 1 aromatic rings. The molecule has 1 rings (SSSR count). The molecule has 0 spiro atoms. The number of halogens is 2. The Hall–Kier alpha value is -0.570. The molecule has 9 heavy (non-hydrogen) atoms. The zero-order valence-electron chi connectivity index (χ0n) is 4.57. The van der Waals surface area contributed by atoms with Gasteiger partial charge in [-0.1, -0.05) is 0 Å². The van der Waals surface area contributed by atoms with Crippen molar-refractivity contribution < 1.29 is 4.39 Å². The minimum Gasteiger partial charge on any atom is -0.398 e. The van der Waals surface area contributed by atoms with Crippen LogP contribution in [0.15, 0.2) is 22.7 Å². The van der Waals surface area contributed by atoms with Crippen molar-refractivity contribution in [2.45, 2.75) is 0 Å². The Labute approximate surface area is 60.8 Å². The highest BCUT2D eigenvalue weighted by Gasteiger charge is 1.94. The fourth-order valence-corrected chi connectivity index (χ4v) is 0.761. The van der Waals surface area contributed by atoms with Gasteiger partial charge >= 0.3 is 0 Å². The van der Waals surface area contributed by atoms with Gasteiger partial charge in [0.2, 0.25) is 0 Å². The number of anilines is 1. The van der Waals surface area contributed by atoms with Crippen molar-refractivity contribution in [2.24, 2.45) is 0 Å². The molecule has 0 aliphatic heterocycles. The second-order valence-electron chi connectivity index (χ2n) is 1.67. The van der Waals surface area contributed by atoms with Crippen LogP contribution in [0.2, 0.25) is 0 Å². The first kappa shape index (κ1) is 6.55. The highest BCUT2D eigenvalue weighted by Crippen LogP contribution is 2.18. The van der Waals surface area contributed by atoms with E-state index in [0.29, 0.717) is 5.69 Å². The van der Waals surface area contributed by atoms with E-state index in [-0.39, 0.29) is 5.82 Å². The molecule has 0 radical (unpaired) electrons. The summed E-state index contributed by atoms with van der Waals surface area (Å²) in [5.41, 5.74) is 5.76. The third kappa shape index (κ3) is 1.42. The summed E-state index contributed by atoms with van der Waals surface area (Å²) in [6, 6.07) is 4.19. The van der Waals surface area contributed by atoms with Crippen molar-refractivity contribution in [3.8, 4) is 0 Å². The smallest absolute Gasteiger partial charge is 0.125 e. The quantitative estimate of drug-likeness (QED) is 0.632. The number of rotatable bonds is 0. The SMILES string of the molecule is N[13c]1[13cH][13c](F)[13cH][13cH][13c]1Br. The molecule has 0 unspecified atom stereocenters. The first-order valence-corrected chi connectivity index (χ1v) is 3.20. The lowest BCUT2D eigenvalue weighted by molar-refractivity contribution is 0.628. The predicted octanol–water partition coefficient (Wildman–Crippen LogP) is 2.17. The second-order valence-corrected chi connectivity index (χ2v) is 2.52. The summed E-state index contributed by atoms with van der Waals surface area (Å²) in [6.07, 6.45) is 0. The first-order valence-electron chi connectivity index (χ1n) is 2.40. The van der Waals surface area contributed by atoms with Crippen LogP contribution >= 0.6 is 15.9 Å². The first-order chi connectivity index (χ1) is 4.20. The maximum Gasteiger partial charge on any atom is 0.125 e. The standard InChI is InChI=1S/C6H5BrFN/c7-5-2-1-4(8)3-6(5)9/h1-3H,9H2/i1+1,2+1,3+1,4+1,5+1,6+1. The van der Waals surface area contributed by atoms with Crippen LogP contribution in [0, 0.1) is 5.82 Å². The van der Waals surface area contributed by atoms with E-state index >= 15 is 0 Å². The zero-order valence-corrected chi connectivity index (χ0v) is 6.15. The van der Waals surface area contributed by atoms with E-state index in [1.54, 1.807) is 6.07 Å². The zero-order chi connectivity index (χ0) is 6.85. The molecule has 0 aliphatic rings. The van der Waals surface area contributed by atoms with Crippen LogP contribution in [-0.4, -0.2) is 0 Å². The summed E-state index contributed by atoms with van der Waals surface area (Å²) in [5, 5.41) is 0. The molecule has 0 aliphatic carbocycles. The summed E-state index contributed by atoms with van der Waals surface area (Å²) in [5.74, 6) is -0.310. The van der Waals surface area contributed by atoms with Gasteiger partial charge in [0.05, 0.1) is 0 Å². The molecule has 1 aromatic carbocycles.